The highest BCUT2D eigenvalue weighted by Gasteiger charge is 2.01. The number of carboxylic acids is 1. The lowest BCUT2D eigenvalue weighted by molar-refractivity contribution is -0.402. The van der Waals surface area contributed by atoms with Gasteiger partial charge in [-0.05, 0) is 6.42 Å². The zero-order chi connectivity index (χ0) is 7.28. The summed E-state index contributed by atoms with van der Waals surface area (Å²) < 4.78 is 0. The zero-order valence-electron chi connectivity index (χ0n) is 5.00. The van der Waals surface area contributed by atoms with E-state index in [1.165, 1.54) is 0 Å². The van der Waals surface area contributed by atoms with Crippen molar-refractivity contribution in [1.82, 2.24) is 0 Å². The van der Waals surface area contributed by atoms with Gasteiger partial charge in [0.2, 0.25) is 0 Å². The van der Waals surface area contributed by atoms with Gasteiger partial charge in [-0.2, -0.15) is 0 Å². The van der Waals surface area contributed by atoms with Crippen LogP contribution in [-0.4, -0.2) is 18.3 Å². The third-order valence-corrected chi connectivity index (χ3v) is 0.912. The van der Waals surface area contributed by atoms with Crippen LogP contribution in [0.5, 0.6) is 0 Å². The van der Waals surface area contributed by atoms with Crippen LogP contribution < -0.4 is 10.8 Å². The van der Waals surface area contributed by atoms with Crippen molar-refractivity contribution < 1.29 is 20.4 Å². The molecule has 0 heterocycles. The van der Waals surface area contributed by atoms with Crippen LogP contribution in [0.15, 0.2) is 0 Å². The first kappa shape index (κ1) is 8.10. The van der Waals surface area contributed by atoms with E-state index >= 15 is 0 Å². The molecule has 9 heavy (non-hydrogen) atoms. The van der Waals surface area contributed by atoms with Crippen LogP contribution in [0.1, 0.15) is 12.8 Å². The fraction of sp³-hybridized carbons (Fsp3) is 0.600. The van der Waals surface area contributed by atoms with Crippen LogP contribution in [0, 0.1) is 0 Å². The van der Waals surface area contributed by atoms with Crippen molar-refractivity contribution in [2.75, 3.05) is 0 Å². The highest BCUT2D eigenvalue weighted by atomic mass is 16.4. The lowest BCUT2D eigenvalue weighted by Crippen LogP contribution is -2.62. The molecule has 4 nitrogen and oxygen atoms in total. The second kappa shape index (κ2) is 4.03. The Morgan fingerprint density at radius 1 is 1.78 bits per heavy atom. The molecule has 0 unspecified atom stereocenters. The summed E-state index contributed by atoms with van der Waals surface area (Å²) in [5.41, 5.74) is 3.37. The minimum absolute atomic E-state index is 0.0904. The van der Waals surface area contributed by atoms with E-state index in [0.717, 1.165) is 0 Å². The summed E-state index contributed by atoms with van der Waals surface area (Å²) in [6.45, 7) is 0. The SMILES string of the molecule is [NH3+][C@H](C=O)CCC(=O)[O-]. The average molecular weight is 131 g/mol. The molecule has 0 fully saturated rings. The number of quaternary nitrogens is 1. The van der Waals surface area contributed by atoms with Crippen LogP contribution >= 0.6 is 0 Å². The Hall–Kier alpha value is -0.900. The molecule has 0 aliphatic carbocycles. The molecule has 0 amide bonds. The normalized spacial score (nSPS) is 12.6. The summed E-state index contributed by atoms with van der Waals surface area (Å²) in [6.07, 6.45) is 0.807. The quantitative estimate of drug-likeness (QED) is 0.422. The van der Waals surface area contributed by atoms with Crippen molar-refractivity contribution in [2.24, 2.45) is 0 Å². The molecule has 0 saturated carbocycles. The Kier molecular flexibility index (Phi) is 3.62. The summed E-state index contributed by atoms with van der Waals surface area (Å²) in [7, 11) is 0. The van der Waals surface area contributed by atoms with Crippen molar-refractivity contribution in [3.05, 3.63) is 0 Å². The van der Waals surface area contributed by atoms with E-state index in [-0.39, 0.29) is 12.8 Å². The molecule has 0 aromatic rings. The third kappa shape index (κ3) is 4.96. The second-order valence-corrected chi connectivity index (χ2v) is 1.81. The lowest BCUT2D eigenvalue weighted by Gasteiger charge is -2.00. The fourth-order valence-electron chi connectivity index (χ4n) is 0.371. The van der Waals surface area contributed by atoms with Gasteiger partial charge in [-0.1, -0.05) is 0 Å². The van der Waals surface area contributed by atoms with Crippen LogP contribution in [0.25, 0.3) is 0 Å². The second-order valence-electron chi connectivity index (χ2n) is 1.81. The Bertz CT molecular complexity index is 113. The number of aldehydes is 1. The molecule has 3 N–H and O–H groups in total. The average Bonchev–Trinajstić information content (AvgIpc) is 1.83. The Morgan fingerprint density at radius 2 is 2.33 bits per heavy atom. The molecule has 52 valence electrons. The van der Waals surface area contributed by atoms with Crippen LogP contribution in [0.4, 0.5) is 0 Å². The maximum atomic E-state index is 9.84. The molecule has 0 radical (unpaired) electrons. The van der Waals surface area contributed by atoms with E-state index in [1.54, 1.807) is 0 Å². The standard InChI is InChI=1S/C5H9NO3/c6-4(3-7)1-2-5(8)9/h3-4H,1-2,6H2,(H,8,9)/t4-/m0/s1. The maximum Gasteiger partial charge on any atom is 0.177 e. The predicted molar refractivity (Wildman–Crippen MR) is 27.0 cm³/mol. The smallest absolute Gasteiger partial charge is 0.177 e. The molecule has 0 rings (SSSR count). The minimum atomic E-state index is -1.13. The van der Waals surface area contributed by atoms with Gasteiger partial charge < -0.3 is 15.6 Å². The Balaban J connectivity index is 3.26. The van der Waals surface area contributed by atoms with Crippen molar-refractivity contribution in [2.45, 2.75) is 18.9 Å². The maximum absolute atomic E-state index is 9.84. The van der Waals surface area contributed by atoms with Gasteiger partial charge in [-0.25, -0.2) is 0 Å². The van der Waals surface area contributed by atoms with Gasteiger partial charge in [0.25, 0.3) is 0 Å². The first-order valence-corrected chi connectivity index (χ1v) is 2.65. The summed E-state index contributed by atoms with van der Waals surface area (Å²) in [6, 6.07) is -0.414. The molecular formula is C5H9NO3. The molecule has 0 aromatic heterocycles. The van der Waals surface area contributed by atoms with Gasteiger partial charge >= 0.3 is 0 Å². The van der Waals surface area contributed by atoms with E-state index < -0.39 is 12.0 Å². The number of aliphatic carboxylic acids is 1. The van der Waals surface area contributed by atoms with Crippen molar-refractivity contribution in [1.29, 1.82) is 0 Å². The Morgan fingerprint density at radius 3 is 2.67 bits per heavy atom. The highest BCUT2D eigenvalue weighted by molar-refractivity contribution is 5.65. The lowest BCUT2D eigenvalue weighted by atomic mass is 10.2. The molecular weight excluding hydrogens is 122 g/mol. The van der Waals surface area contributed by atoms with E-state index in [4.69, 9.17) is 0 Å². The number of carbonyl (C=O) groups is 2. The molecule has 4 heteroatoms. The predicted octanol–water partition coefficient (Wildman–Crippen LogP) is -2.67. The highest BCUT2D eigenvalue weighted by Crippen LogP contribution is 1.86. The first-order valence-electron chi connectivity index (χ1n) is 2.65. The van der Waals surface area contributed by atoms with Crippen LogP contribution in [0.2, 0.25) is 0 Å². The van der Waals surface area contributed by atoms with Crippen LogP contribution in [-0.2, 0) is 9.59 Å². The summed E-state index contributed by atoms with van der Waals surface area (Å²) in [4.78, 5) is 19.6. The van der Waals surface area contributed by atoms with E-state index in [0.29, 0.717) is 6.29 Å². The van der Waals surface area contributed by atoms with Crippen LogP contribution in [0.3, 0.4) is 0 Å². The van der Waals surface area contributed by atoms with E-state index in [1.807, 2.05) is 0 Å². The monoisotopic (exact) mass is 131 g/mol. The largest absolute Gasteiger partial charge is 0.550 e. The summed E-state index contributed by atoms with van der Waals surface area (Å²) in [5, 5.41) is 9.76. The third-order valence-electron chi connectivity index (χ3n) is 0.912. The van der Waals surface area contributed by atoms with Crippen molar-refractivity contribution in [3.63, 3.8) is 0 Å². The van der Waals surface area contributed by atoms with Gasteiger partial charge in [0.05, 0.1) is 0 Å². The number of carboxylic acid groups (broad SMARTS) is 1. The minimum Gasteiger partial charge on any atom is -0.550 e. The number of rotatable bonds is 4. The molecule has 0 spiro atoms. The number of hydrogen-bond donors (Lipinski definition) is 1. The van der Waals surface area contributed by atoms with Crippen molar-refractivity contribution >= 4 is 12.3 Å². The molecule has 1 atom stereocenters. The summed E-state index contributed by atoms with van der Waals surface area (Å²) in [5.74, 6) is -1.13. The molecule has 0 aromatic carbocycles. The first-order chi connectivity index (χ1) is 4.16. The molecule has 0 aliphatic heterocycles. The molecule has 0 bridgehead atoms. The van der Waals surface area contributed by atoms with E-state index in [2.05, 4.69) is 5.73 Å². The Labute approximate surface area is 52.7 Å². The number of hydrogen-bond acceptors (Lipinski definition) is 3. The zero-order valence-corrected chi connectivity index (χ0v) is 5.00. The molecule has 0 saturated heterocycles. The van der Waals surface area contributed by atoms with Gasteiger partial charge in [0, 0.05) is 12.4 Å². The summed E-state index contributed by atoms with van der Waals surface area (Å²) >= 11 is 0. The van der Waals surface area contributed by atoms with Crippen molar-refractivity contribution in [3.8, 4) is 0 Å². The van der Waals surface area contributed by atoms with E-state index in [9.17, 15) is 14.7 Å². The number of carbonyl (C=O) groups excluding carboxylic acids is 2. The topological polar surface area (TPSA) is 84.8 Å². The van der Waals surface area contributed by atoms with Gasteiger partial charge in [0.1, 0.15) is 6.04 Å². The van der Waals surface area contributed by atoms with Gasteiger partial charge in [-0.3, -0.25) is 4.79 Å². The van der Waals surface area contributed by atoms with Gasteiger partial charge in [0.15, 0.2) is 6.29 Å². The van der Waals surface area contributed by atoms with Gasteiger partial charge in [-0.15, -0.1) is 0 Å². The fourth-order valence-corrected chi connectivity index (χ4v) is 0.371. The molecule has 0 aliphatic rings.